The number of alkyl halides is 1. The molecule has 0 spiro atoms. The number of phenols is 1. The van der Waals surface area contributed by atoms with Gasteiger partial charge in [0, 0.05) is 24.8 Å². The summed E-state index contributed by atoms with van der Waals surface area (Å²) in [6.07, 6.45) is 7.46. The molecule has 2 aromatic heterocycles. The van der Waals surface area contributed by atoms with Gasteiger partial charge in [0.05, 0.1) is 18.0 Å². The van der Waals surface area contributed by atoms with E-state index in [0.717, 1.165) is 30.4 Å². The largest absolute Gasteiger partial charge is 0.507 e. The quantitative estimate of drug-likeness (QED) is 0.678. The Morgan fingerprint density at radius 1 is 1.21 bits per heavy atom. The van der Waals surface area contributed by atoms with Crippen LogP contribution in [0.1, 0.15) is 32.6 Å². The van der Waals surface area contributed by atoms with Gasteiger partial charge in [0.25, 0.3) is 0 Å². The molecular weight excluding hydrogens is 371 g/mol. The first-order chi connectivity index (χ1) is 14.1. The molecule has 0 bridgehead atoms. The lowest BCUT2D eigenvalue weighted by Crippen LogP contribution is -2.40. The minimum Gasteiger partial charge on any atom is -0.507 e. The number of rotatable bonds is 5. The van der Waals surface area contributed by atoms with Crippen molar-refractivity contribution < 1.29 is 9.50 Å². The number of benzene rings is 1. The smallest absolute Gasteiger partial charge is 0.185 e. The zero-order valence-corrected chi connectivity index (χ0v) is 16.6. The van der Waals surface area contributed by atoms with Crippen molar-refractivity contribution in [2.45, 2.75) is 44.8 Å². The molecule has 2 heterocycles. The number of nitrogens with zero attached hydrogens (tertiary/aromatic N) is 5. The number of hydrogen-bond donors (Lipinski definition) is 2. The minimum atomic E-state index is -0.704. The van der Waals surface area contributed by atoms with Gasteiger partial charge in [-0.05, 0) is 42.9 Å². The van der Waals surface area contributed by atoms with Crippen molar-refractivity contribution in [3.63, 3.8) is 0 Å². The molecule has 0 aliphatic heterocycles. The number of phenolic OH excluding ortho intramolecular Hbond substituents is 1. The van der Waals surface area contributed by atoms with Crippen molar-refractivity contribution in [2.75, 3.05) is 11.9 Å². The summed E-state index contributed by atoms with van der Waals surface area (Å²) >= 11 is 0. The molecule has 1 aromatic carbocycles. The Bertz CT molecular complexity index is 946. The second-order valence-corrected chi connectivity index (χ2v) is 7.62. The molecule has 8 heteroatoms. The lowest BCUT2D eigenvalue weighted by molar-refractivity contribution is 0.147. The SMILES string of the molecule is CC[C@@H]1C[C@@H](N(C)c2cnc(-c3ccc(-c4cn[nH]c4)cc3O)nn2)CC[C@@H]1F. The van der Waals surface area contributed by atoms with E-state index >= 15 is 0 Å². The average molecular weight is 396 g/mol. The average Bonchev–Trinajstić information content (AvgIpc) is 3.29. The molecular formula is C21H25FN6O. The standard InChI is InChI=1S/C21H25FN6O/c1-3-13-8-16(5-7-18(13)22)28(2)20-12-23-21(27-26-20)17-6-4-14(9-19(17)29)15-10-24-25-11-15/h4,6,9-13,16,18,29H,3,5,7-8H2,1-2H3,(H,24,25)/t13-,16+,18+/m1/s1. The predicted octanol–water partition coefficient (Wildman–Crippen LogP) is 3.99. The topological polar surface area (TPSA) is 90.8 Å². The molecule has 0 radical (unpaired) electrons. The van der Waals surface area contributed by atoms with E-state index in [1.165, 1.54) is 0 Å². The van der Waals surface area contributed by atoms with Gasteiger partial charge in [-0.3, -0.25) is 5.10 Å². The maximum absolute atomic E-state index is 14.0. The monoisotopic (exact) mass is 396 g/mol. The second kappa shape index (κ2) is 8.14. The van der Waals surface area contributed by atoms with Crippen LogP contribution in [0.15, 0.2) is 36.8 Å². The van der Waals surface area contributed by atoms with E-state index in [2.05, 4.69) is 25.4 Å². The highest BCUT2D eigenvalue weighted by Gasteiger charge is 2.31. The van der Waals surface area contributed by atoms with Gasteiger partial charge in [-0.2, -0.15) is 5.10 Å². The van der Waals surface area contributed by atoms with E-state index in [4.69, 9.17) is 0 Å². The molecule has 0 saturated heterocycles. The van der Waals surface area contributed by atoms with E-state index < -0.39 is 6.17 Å². The lowest BCUT2D eigenvalue weighted by Gasteiger charge is -2.37. The third-order valence-corrected chi connectivity index (χ3v) is 5.92. The molecule has 1 fully saturated rings. The summed E-state index contributed by atoms with van der Waals surface area (Å²) < 4.78 is 14.0. The maximum Gasteiger partial charge on any atom is 0.185 e. The van der Waals surface area contributed by atoms with Crippen molar-refractivity contribution in [3.05, 3.63) is 36.8 Å². The predicted molar refractivity (Wildman–Crippen MR) is 109 cm³/mol. The highest BCUT2D eigenvalue weighted by Crippen LogP contribution is 2.34. The number of aromatic nitrogens is 5. The Kier molecular flexibility index (Phi) is 5.42. The molecule has 4 rings (SSSR count). The number of nitrogens with one attached hydrogen (secondary N) is 1. The summed E-state index contributed by atoms with van der Waals surface area (Å²) in [5.74, 6) is 1.19. The van der Waals surface area contributed by atoms with E-state index in [0.29, 0.717) is 23.6 Å². The molecule has 2 N–H and O–H groups in total. The molecule has 0 unspecified atom stereocenters. The van der Waals surface area contributed by atoms with Crippen LogP contribution in [0, 0.1) is 5.92 Å². The van der Waals surface area contributed by atoms with Crippen LogP contribution in [0.4, 0.5) is 10.2 Å². The van der Waals surface area contributed by atoms with Crippen LogP contribution in [0.5, 0.6) is 5.75 Å². The number of aromatic amines is 1. The fourth-order valence-electron chi connectivity index (χ4n) is 4.03. The zero-order chi connectivity index (χ0) is 20.4. The van der Waals surface area contributed by atoms with Gasteiger partial charge in [-0.1, -0.05) is 19.4 Å². The van der Waals surface area contributed by atoms with E-state index in [1.807, 2.05) is 24.9 Å². The summed E-state index contributed by atoms with van der Waals surface area (Å²) in [5.41, 5.74) is 2.25. The van der Waals surface area contributed by atoms with Crippen LogP contribution in [0.3, 0.4) is 0 Å². The Morgan fingerprint density at radius 2 is 2.07 bits per heavy atom. The van der Waals surface area contributed by atoms with Gasteiger partial charge < -0.3 is 10.0 Å². The fraction of sp³-hybridized carbons (Fsp3) is 0.429. The number of halogens is 1. The third-order valence-electron chi connectivity index (χ3n) is 5.92. The molecule has 1 aliphatic carbocycles. The van der Waals surface area contributed by atoms with Crippen molar-refractivity contribution in [3.8, 4) is 28.3 Å². The highest BCUT2D eigenvalue weighted by molar-refractivity contribution is 5.72. The first-order valence-corrected chi connectivity index (χ1v) is 9.96. The second-order valence-electron chi connectivity index (χ2n) is 7.62. The van der Waals surface area contributed by atoms with Gasteiger partial charge in [0.1, 0.15) is 11.9 Å². The Hall–Kier alpha value is -3.03. The summed E-state index contributed by atoms with van der Waals surface area (Å²) in [7, 11) is 1.96. The molecule has 1 aliphatic rings. The Labute approximate surface area is 169 Å². The summed E-state index contributed by atoms with van der Waals surface area (Å²) in [6.45, 7) is 2.04. The number of aromatic hydroxyl groups is 1. The maximum atomic E-state index is 14.0. The first kappa shape index (κ1) is 19.3. The highest BCUT2D eigenvalue weighted by atomic mass is 19.1. The van der Waals surface area contributed by atoms with Crippen LogP contribution in [0.25, 0.3) is 22.5 Å². The van der Waals surface area contributed by atoms with Crippen LogP contribution >= 0.6 is 0 Å². The van der Waals surface area contributed by atoms with Crippen molar-refractivity contribution in [1.82, 2.24) is 25.4 Å². The van der Waals surface area contributed by atoms with Crippen molar-refractivity contribution >= 4 is 5.82 Å². The van der Waals surface area contributed by atoms with Gasteiger partial charge >= 0.3 is 0 Å². The van der Waals surface area contributed by atoms with Gasteiger partial charge in [0.2, 0.25) is 0 Å². The van der Waals surface area contributed by atoms with Crippen LogP contribution in [-0.2, 0) is 0 Å². The number of hydrogen-bond acceptors (Lipinski definition) is 6. The fourth-order valence-corrected chi connectivity index (χ4v) is 4.03. The number of anilines is 1. The molecule has 152 valence electrons. The van der Waals surface area contributed by atoms with Crippen molar-refractivity contribution in [2.24, 2.45) is 5.92 Å². The van der Waals surface area contributed by atoms with Crippen LogP contribution < -0.4 is 4.90 Å². The lowest BCUT2D eigenvalue weighted by atomic mass is 9.82. The number of H-pyrrole nitrogens is 1. The Morgan fingerprint density at radius 3 is 2.72 bits per heavy atom. The van der Waals surface area contributed by atoms with Crippen molar-refractivity contribution in [1.29, 1.82) is 0 Å². The molecule has 0 amide bonds. The van der Waals surface area contributed by atoms with Crippen LogP contribution in [-0.4, -0.2) is 49.7 Å². The summed E-state index contributed by atoms with van der Waals surface area (Å²) in [6, 6.07) is 5.54. The van der Waals surface area contributed by atoms with Gasteiger partial charge in [0.15, 0.2) is 11.6 Å². The van der Waals surface area contributed by atoms with E-state index in [9.17, 15) is 9.50 Å². The summed E-state index contributed by atoms with van der Waals surface area (Å²) in [4.78, 5) is 6.45. The summed E-state index contributed by atoms with van der Waals surface area (Å²) in [5, 5.41) is 25.6. The Balaban J connectivity index is 1.50. The first-order valence-electron chi connectivity index (χ1n) is 9.96. The normalized spacial score (nSPS) is 21.8. The van der Waals surface area contributed by atoms with Crippen LogP contribution in [0.2, 0.25) is 0 Å². The van der Waals surface area contributed by atoms with Gasteiger partial charge in [-0.15, -0.1) is 10.2 Å². The molecule has 7 nitrogen and oxygen atoms in total. The van der Waals surface area contributed by atoms with E-state index in [1.54, 1.807) is 30.7 Å². The molecule has 3 aromatic rings. The minimum absolute atomic E-state index is 0.0821. The molecule has 29 heavy (non-hydrogen) atoms. The van der Waals surface area contributed by atoms with E-state index in [-0.39, 0.29) is 17.7 Å². The molecule has 1 saturated carbocycles. The zero-order valence-electron chi connectivity index (χ0n) is 16.6. The van der Waals surface area contributed by atoms with Gasteiger partial charge in [-0.25, -0.2) is 9.37 Å². The molecule has 3 atom stereocenters. The third kappa shape index (κ3) is 3.92.